The molecule has 3 nitrogen and oxygen atoms in total. The predicted molar refractivity (Wildman–Crippen MR) is 253 cm³/mol. The highest BCUT2D eigenvalue weighted by atomic mass is 16.3. The molecule has 0 saturated heterocycles. The van der Waals surface area contributed by atoms with Crippen LogP contribution in [0.3, 0.4) is 0 Å². The van der Waals surface area contributed by atoms with Crippen molar-refractivity contribution in [2.24, 2.45) is 23.7 Å². The third-order valence-electron chi connectivity index (χ3n) is 15.0. The van der Waals surface area contributed by atoms with E-state index in [0.717, 1.165) is 68.4 Å². The molecule has 61 heavy (non-hydrogen) atoms. The van der Waals surface area contributed by atoms with E-state index in [2.05, 4.69) is 198 Å². The van der Waals surface area contributed by atoms with E-state index in [-0.39, 0.29) is 0 Å². The highest BCUT2D eigenvalue weighted by Gasteiger charge is 2.65. The first kappa shape index (κ1) is 35.0. The van der Waals surface area contributed by atoms with Gasteiger partial charge in [0.2, 0.25) is 0 Å². The average Bonchev–Trinajstić information content (AvgIpc) is 3.84. The second kappa shape index (κ2) is 13.3. The summed E-state index contributed by atoms with van der Waals surface area (Å²) in [6.45, 7) is 2.48. The molecular weight excluding hydrogens is 741 g/mol. The zero-order chi connectivity index (χ0) is 40.2. The van der Waals surface area contributed by atoms with E-state index in [9.17, 15) is 0 Å². The molecule has 0 N–H and O–H groups in total. The number of benzene rings is 8. The van der Waals surface area contributed by atoms with Gasteiger partial charge in [0.05, 0.1) is 11.0 Å². The van der Waals surface area contributed by atoms with Crippen LogP contribution in [-0.4, -0.2) is 4.57 Å². The Bertz CT molecular complexity index is 3250. The molecular formula is C58H46N2O. The first-order valence-corrected chi connectivity index (χ1v) is 22.2. The van der Waals surface area contributed by atoms with E-state index >= 15 is 0 Å². The first-order valence-electron chi connectivity index (χ1n) is 22.2. The normalized spacial score (nSPS) is 21.7. The van der Waals surface area contributed by atoms with Gasteiger partial charge in [-0.1, -0.05) is 122 Å². The molecule has 0 radical (unpaired) electrons. The van der Waals surface area contributed by atoms with Crippen LogP contribution in [-0.2, 0) is 5.41 Å². The van der Waals surface area contributed by atoms with Crippen LogP contribution < -0.4 is 4.90 Å². The highest BCUT2D eigenvalue weighted by Crippen LogP contribution is 2.71. The van der Waals surface area contributed by atoms with Gasteiger partial charge in [-0.2, -0.15) is 0 Å². The third kappa shape index (κ3) is 5.36. The molecule has 0 aliphatic heterocycles. The summed E-state index contributed by atoms with van der Waals surface area (Å²) in [7, 11) is 0. The van der Waals surface area contributed by atoms with Crippen LogP contribution in [0.5, 0.6) is 0 Å². The van der Waals surface area contributed by atoms with Crippen molar-refractivity contribution in [3.63, 3.8) is 0 Å². The minimum atomic E-state index is 0.430. The molecule has 3 aliphatic rings. The molecule has 10 aromatic rings. The van der Waals surface area contributed by atoms with Gasteiger partial charge in [-0.3, -0.25) is 0 Å². The SMILES string of the molecule is C[C@H]1C[C@H]2C[C@H]3CC(c4ccc(-c5ccc(N(c6ccc(-c7cccc(-n8c9ccccc9c9ccccc98)c7)cc6)c6ccc7c(c6)oc6ccccc67)cc5)cc4)(C1)C23. The molecule has 13 rings (SSSR count). The lowest BCUT2D eigenvalue weighted by Crippen LogP contribution is -2.65. The van der Waals surface area contributed by atoms with Gasteiger partial charge in [-0.15, -0.1) is 0 Å². The topological polar surface area (TPSA) is 21.3 Å². The van der Waals surface area contributed by atoms with Gasteiger partial charge in [0, 0.05) is 50.4 Å². The lowest BCUT2D eigenvalue weighted by Gasteiger charge is -2.70. The maximum Gasteiger partial charge on any atom is 0.137 e. The van der Waals surface area contributed by atoms with Crippen molar-refractivity contribution >= 4 is 60.8 Å². The molecule has 8 aromatic carbocycles. The number of anilines is 3. The molecule has 5 atom stereocenters. The van der Waals surface area contributed by atoms with Crippen molar-refractivity contribution < 1.29 is 4.42 Å². The fourth-order valence-electron chi connectivity index (χ4n) is 12.5. The number of aromatic nitrogens is 1. The molecule has 2 heterocycles. The summed E-state index contributed by atoms with van der Waals surface area (Å²) in [5.74, 6) is 3.72. The Morgan fingerprint density at radius 3 is 1.75 bits per heavy atom. The van der Waals surface area contributed by atoms with Crippen molar-refractivity contribution in [1.82, 2.24) is 4.57 Å². The van der Waals surface area contributed by atoms with E-state index in [1.807, 2.05) is 6.07 Å². The molecule has 0 amide bonds. The highest BCUT2D eigenvalue weighted by molar-refractivity contribution is 6.09. The van der Waals surface area contributed by atoms with E-state index in [1.165, 1.54) is 69.7 Å². The largest absolute Gasteiger partial charge is 0.456 e. The number of hydrogen-bond acceptors (Lipinski definition) is 2. The number of fused-ring (bicyclic) bond motifs is 6. The van der Waals surface area contributed by atoms with Gasteiger partial charge in [0.25, 0.3) is 0 Å². The van der Waals surface area contributed by atoms with Crippen LogP contribution in [0.25, 0.3) is 71.7 Å². The summed E-state index contributed by atoms with van der Waals surface area (Å²) in [6.07, 6.45) is 5.69. The molecule has 3 aliphatic carbocycles. The summed E-state index contributed by atoms with van der Waals surface area (Å²) in [5, 5.41) is 4.81. The second-order valence-electron chi connectivity index (χ2n) is 18.4. The van der Waals surface area contributed by atoms with Crippen molar-refractivity contribution in [2.75, 3.05) is 4.90 Å². The van der Waals surface area contributed by atoms with E-state index in [0.29, 0.717) is 5.41 Å². The molecule has 294 valence electrons. The number of nitrogens with zero attached hydrogens (tertiary/aromatic N) is 2. The van der Waals surface area contributed by atoms with Crippen molar-refractivity contribution in [3.05, 3.63) is 194 Å². The summed E-state index contributed by atoms with van der Waals surface area (Å²) < 4.78 is 8.81. The van der Waals surface area contributed by atoms with Crippen LogP contribution >= 0.6 is 0 Å². The zero-order valence-corrected chi connectivity index (χ0v) is 34.3. The van der Waals surface area contributed by atoms with Gasteiger partial charge < -0.3 is 13.9 Å². The van der Waals surface area contributed by atoms with Crippen molar-refractivity contribution in [1.29, 1.82) is 0 Å². The zero-order valence-electron chi connectivity index (χ0n) is 34.3. The fourth-order valence-corrected chi connectivity index (χ4v) is 12.5. The van der Waals surface area contributed by atoms with Crippen molar-refractivity contribution in [2.45, 2.75) is 38.0 Å². The van der Waals surface area contributed by atoms with Gasteiger partial charge in [-0.25, -0.2) is 0 Å². The Labute approximate surface area is 356 Å². The minimum absolute atomic E-state index is 0.430. The average molecular weight is 787 g/mol. The Balaban J connectivity index is 0.852. The summed E-state index contributed by atoms with van der Waals surface area (Å²) in [5.41, 5.74) is 15.5. The molecule has 0 spiro atoms. The Kier molecular flexibility index (Phi) is 7.64. The minimum Gasteiger partial charge on any atom is -0.456 e. The molecule has 3 fully saturated rings. The summed E-state index contributed by atoms with van der Waals surface area (Å²) in [6, 6.07) is 69.1. The molecule has 0 bridgehead atoms. The van der Waals surface area contributed by atoms with Crippen LogP contribution in [0.4, 0.5) is 17.1 Å². The quantitative estimate of drug-likeness (QED) is 0.160. The predicted octanol–water partition coefficient (Wildman–Crippen LogP) is 15.8. The van der Waals surface area contributed by atoms with Crippen molar-refractivity contribution in [3.8, 4) is 27.9 Å². The van der Waals surface area contributed by atoms with Crippen LogP contribution in [0.2, 0.25) is 0 Å². The number of para-hydroxylation sites is 3. The fraction of sp³-hybridized carbons (Fsp3) is 0.172. The standard InChI is InChI=1S/C58H46N2O/c1-37-31-42-32-43-36-58(35-37,57(42)43)44-23-17-38(18-24-44)39-19-25-45(26-20-39)59(48-29-30-52-51-13-4-7-16-55(51)61-56(52)34-48)46-27-21-40(22-28-46)41-9-8-10-47(33-41)60-53-14-5-2-11-49(53)50-12-3-6-15-54(50)60/h2-30,33-34,37,42-43,57H,31-32,35-36H2,1H3/t37-,42-,43-,57?,58?/m0/s1. The van der Waals surface area contributed by atoms with Gasteiger partial charge in [0.1, 0.15) is 11.2 Å². The maximum absolute atomic E-state index is 6.42. The number of rotatable bonds is 7. The Morgan fingerprint density at radius 2 is 1.07 bits per heavy atom. The molecule has 3 saturated carbocycles. The molecule has 3 heteroatoms. The van der Waals surface area contributed by atoms with E-state index in [1.54, 1.807) is 5.56 Å². The third-order valence-corrected chi connectivity index (χ3v) is 15.0. The second-order valence-corrected chi connectivity index (χ2v) is 18.4. The van der Waals surface area contributed by atoms with E-state index in [4.69, 9.17) is 4.42 Å². The Morgan fingerprint density at radius 1 is 0.475 bits per heavy atom. The van der Waals surface area contributed by atoms with Crippen LogP contribution in [0, 0.1) is 23.7 Å². The molecule has 2 aromatic heterocycles. The van der Waals surface area contributed by atoms with E-state index < -0.39 is 0 Å². The lowest BCUT2D eigenvalue weighted by molar-refractivity contribution is -0.159. The lowest BCUT2D eigenvalue weighted by atomic mass is 9.34. The smallest absolute Gasteiger partial charge is 0.137 e. The molecule has 2 unspecified atom stereocenters. The van der Waals surface area contributed by atoms with Crippen LogP contribution in [0.15, 0.2) is 192 Å². The van der Waals surface area contributed by atoms with Crippen LogP contribution in [0.1, 0.15) is 38.2 Å². The monoisotopic (exact) mass is 786 g/mol. The summed E-state index contributed by atoms with van der Waals surface area (Å²) in [4.78, 5) is 2.35. The maximum atomic E-state index is 6.42. The number of furan rings is 1. The first-order chi connectivity index (χ1) is 30.1. The summed E-state index contributed by atoms with van der Waals surface area (Å²) >= 11 is 0. The van der Waals surface area contributed by atoms with Gasteiger partial charge >= 0.3 is 0 Å². The Hall–Kier alpha value is -6.84. The van der Waals surface area contributed by atoms with Gasteiger partial charge in [0.15, 0.2) is 0 Å². The van der Waals surface area contributed by atoms with Gasteiger partial charge in [-0.05, 0) is 149 Å². The number of hydrogen-bond donors (Lipinski definition) is 0.